The number of benzene rings is 3. The molecule has 138 valence electrons. The number of para-hydroxylation sites is 1. The number of nitrogens with one attached hydrogen (secondary N) is 1. The number of hydrogen-bond donors (Lipinski definition) is 1. The van der Waals surface area contributed by atoms with Crippen LogP contribution in [0.15, 0.2) is 78.9 Å². The van der Waals surface area contributed by atoms with Crippen molar-refractivity contribution in [2.75, 3.05) is 12.4 Å². The molecule has 1 amide bonds. The van der Waals surface area contributed by atoms with Gasteiger partial charge in [0.15, 0.2) is 0 Å². The Morgan fingerprint density at radius 3 is 2.46 bits per heavy atom. The number of anilines is 1. The second-order valence-electron chi connectivity index (χ2n) is 6.12. The average molecular weight is 370 g/mol. The van der Waals surface area contributed by atoms with E-state index in [4.69, 9.17) is 4.74 Å². The molecule has 1 N–H and O–H groups in total. The molecule has 0 aliphatic carbocycles. The normalized spacial score (nSPS) is 11.0. The van der Waals surface area contributed by atoms with E-state index in [1.807, 2.05) is 66.7 Å². The molecule has 3 aromatic carbocycles. The third-order valence-corrected chi connectivity index (χ3v) is 4.18. The largest absolute Gasteiger partial charge is 0.497 e. The third kappa shape index (κ3) is 3.91. The second kappa shape index (κ2) is 7.75. The Labute approximate surface area is 162 Å². The molecule has 0 fully saturated rings. The quantitative estimate of drug-likeness (QED) is 0.538. The highest BCUT2D eigenvalue weighted by Crippen LogP contribution is 2.18. The maximum Gasteiger partial charge on any atom is 0.248 e. The number of nitrogens with zero attached hydrogens (tertiary/aromatic N) is 3. The van der Waals surface area contributed by atoms with Crippen molar-refractivity contribution in [3.63, 3.8) is 0 Å². The van der Waals surface area contributed by atoms with E-state index in [2.05, 4.69) is 15.5 Å². The molecule has 0 saturated carbocycles. The molecule has 6 nitrogen and oxygen atoms in total. The average Bonchev–Trinajstić information content (AvgIpc) is 3.17. The van der Waals surface area contributed by atoms with E-state index in [9.17, 15) is 4.79 Å². The first-order valence-electron chi connectivity index (χ1n) is 8.77. The van der Waals surface area contributed by atoms with Crippen molar-refractivity contribution in [1.82, 2.24) is 15.0 Å². The molecule has 0 saturated heterocycles. The monoisotopic (exact) mass is 370 g/mol. The molecule has 0 atom stereocenters. The highest BCUT2D eigenvalue weighted by molar-refractivity contribution is 6.02. The molecule has 6 heteroatoms. The van der Waals surface area contributed by atoms with Crippen molar-refractivity contribution in [3.05, 3.63) is 84.4 Å². The van der Waals surface area contributed by atoms with Crippen LogP contribution in [-0.2, 0) is 4.79 Å². The number of hydrogen-bond acceptors (Lipinski definition) is 4. The van der Waals surface area contributed by atoms with E-state index >= 15 is 0 Å². The minimum Gasteiger partial charge on any atom is -0.497 e. The Bertz CT molecular complexity index is 1130. The van der Waals surface area contributed by atoms with Crippen molar-refractivity contribution in [2.24, 2.45) is 0 Å². The predicted octanol–water partition coefficient (Wildman–Crippen LogP) is 4.08. The Balaban J connectivity index is 1.48. The van der Waals surface area contributed by atoms with Gasteiger partial charge in [0.05, 0.1) is 12.8 Å². The Hall–Kier alpha value is -3.93. The molecule has 0 spiro atoms. The molecule has 0 aliphatic heterocycles. The van der Waals surface area contributed by atoms with Crippen molar-refractivity contribution >= 4 is 28.7 Å². The smallest absolute Gasteiger partial charge is 0.248 e. The minimum atomic E-state index is -0.217. The zero-order chi connectivity index (χ0) is 19.3. The van der Waals surface area contributed by atoms with Crippen LogP contribution in [0.25, 0.3) is 22.8 Å². The SMILES string of the molecule is COc1ccc(/C=C/C(=O)Nc2ccc3nn(-c4ccccc4)nc3c2)cc1. The number of ether oxygens (including phenoxy) is 1. The van der Waals surface area contributed by atoms with Crippen LogP contribution in [0.3, 0.4) is 0 Å². The summed E-state index contributed by atoms with van der Waals surface area (Å²) in [5.74, 6) is 0.559. The van der Waals surface area contributed by atoms with Gasteiger partial charge in [0.1, 0.15) is 16.8 Å². The van der Waals surface area contributed by atoms with Gasteiger partial charge in [-0.3, -0.25) is 4.79 Å². The maximum absolute atomic E-state index is 12.2. The number of rotatable bonds is 5. The van der Waals surface area contributed by atoms with E-state index in [0.717, 1.165) is 22.5 Å². The van der Waals surface area contributed by atoms with Gasteiger partial charge < -0.3 is 10.1 Å². The highest BCUT2D eigenvalue weighted by Gasteiger charge is 2.06. The van der Waals surface area contributed by atoms with E-state index in [1.165, 1.54) is 6.08 Å². The number of fused-ring (bicyclic) bond motifs is 1. The molecule has 28 heavy (non-hydrogen) atoms. The topological polar surface area (TPSA) is 69.0 Å². The van der Waals surface area contributed by atoms with Crippen molar-refractivity contribution in [2.45, 2.75) is 0 Å². The Kier molecular flexibility index (Phi) is 4.84. The number of aromatic nitrogens is 3. The standard InChI is InChI=1S/C22H18N4O2/c1-28-19-11-7-16(8-12-19)9-14-22(27)23-17-10-13-20-21(15-17)25-26(24-20)18-5-3-2-4-6-18/h2-15H,1H3,(H,23,27)/b14-9+. The van der Waals surface area contributed by atoms with Crippen LogP contribution in [0.1, 0.15) is 5.56 Å². The molecule has 0 unspecified atom stereocenters. The van der Waals surface area contributed by atoms with Gasteiger partial charge in [-0.1, -0.05) is 30.3 Å². The van der Waals surface area contributed by atoms with Gasteiger partial charge in [0.25, 0.3) is 0 Å². The first-order chi connectivity index (χ1) is 13.7. The van der Waals surface area contributed by atoms with Gasteiger partial charge in [-0.25, -0.2) is 0 Å². The van der Waals surface area contributed by atoms with E-state index < -0.39 is 0 Å². The van der Waals surface area contributed by atoms with Crippen LogP contribution >= 0.6 is 0 Å². The summed E-state index contributed by atoms with van der Waals surface area (Å²) in [6, 6.07) is 22.6. The number of carbonyl (C=O) groups is 1. The molecule has 1 heterocycles. The van der Waals surface area contributed by atoms with Gasteiger partial charge in [-0.05, 0) is 54.1 Å². The predicted molar refractivity (Wildman–Crippen MR) is 110 cm³/mol. The molecule has 4 aromatic rings. The van der Waals surface area contributed by atoms with Crippen LogP contribution in [-0.4, -0.2) is 28.0 Å². The van der Waals surface area contributed by atoms with Crippen molar-refractivity contribution < 1.29 is 9.53 Å². The van der Waals surface area contributed by atoms with Gasteiger partial charge in [-0.15, -0.1) is 10.2 Å². The van der Waals surface area contributed by atoms with Crippen molar-refractivity contribution in [3.8, 4) is 11.4 Å². The minimum absolute atomic E-state index is 0.217. The number of amides is 1. The number of carbonyl (C=O) groups excluding carboxylic acids is 1. The molecule has 4 rings (SSSR count). The second-order valence-corrected chi connectivity index (χ2v) is 6.12. The first kappa shape index (κ1) is 17.5. The summed E-state index contributed by atoms with van der Waals surface area (Å²) in [6.45, 7) is 0. The third-order valence-electron chi connectivity index (χ3n) is 4.18. The molecule has 1 aromatic heterocycles. The summed E-state index contributed by atoms with van der Waals surface area (Å²) in [6.07, 6.45) is 3.24. The first-order valence-corrected chi connectivity index (χ1v) is 8.77. The summed E-state index contributed by atoms with van der Waals surface area (Å²) < 4.78 is 5.12. The van der Waals surface area contributed by atoms with Crippen LogP contribution in [0.2, 0.25) is 0 Å². The van der Waals surface area contributed by atoms with Gasteiger partial charge in [0.2, 0.25) is 5.91 Å². The number of methoxy groups -OCH3 is 1. The molecule has 0 bridgehead atoms. The fraction of sp³-hybridized carbons (Fsp3) is 0.0455. The summed E-state index contributed by atoms with van der Waals surface area (Å²) in [7, 11) is 1.62. The lowest BCUT2D eigenvalue weighted by Gasteiger charge is -2.01. The Morgan fingerprint density at radius 2 is 1.71 bits per heavy atom. The van der Waals surface area contributed by atoms with E-state index in [1.54, 1.807) is 24.0 Å². The lowest BCUT2D eigenvalue weighted by molar-refractivity contribution is -0.111. The van der Waals surface area contributed by atoms with Crippen LogP contribution in [0, 0.1) is 0 Å². The Morgan fingerprint density at radius 1 is 0.964 bits per heavy atom. The summed E-state index contributed by atoms with van der Waals surface area (Å²) in [4.78, 5) is 13.8. The molecule has 0 radical (unpaired) electrons. The summed E-state index contributed by atoms with van der Waals surface area (Å²) in [5, 5.41) is 11.8. The lowest BCUT2D eigenvalue weighted by atomic mass is 10.2. The zero-order valence-corrected chi connectivity index (χ0v) is 15.2. The maximum atomic E-state index is 12.2. The van der Waals surface area contributed by atoms with Gasteiger partial charge in [-0.2, -0.15) is 4.80 Å². The van der Waals surface area contributed by atoms with Crippen LogP contribution in [0.4, 0.5) is 5.69 Å². The summed E-state index contributed by atoms with van der Waals surface area (Å²) in [5.41, 5.74) is 3.93. The van der Waals surface area contributed by atoms with Gasteiger partial charge >= 0.3 is 0 Å². The summed E-state index contributed by atoms with van der Waals surface area (Å²) >= 11 is 0. The molecule has 0 aliphatic rings. The molecular weight excluding hydrogens is 352 g/mol. The van der Waals surface area contributed by atoms with Crippen molar-refractivity contribution in [1.29, 1.82) is 0 Å². The van der Waals surface area contributed by atoms with E-state index in [-0.39, 0.29) is 5.91 Å². The fourth-order valence-electron chi connectivity index (χ4n) is 2.74. The van der Waals surface area contributed by atoms with Gasteiger partial charge in [0, 0.05) is 11.8 Å². The van der Waals surface area contributed by atoms with Crippen LogP contribution in [0.5, 0.6) is 5.75 Å². The van der Waals surface area contributed by atoms with E-state index in [0.29, 0.717) is 11.2 Å². The molecular formula is C22H18N4O2. The zero-order valence-electron chi connectivity index (χ0n) is 15.2. The highest BCUT2D eigenvalue weighted by atomic mass is 16.5. The fourth-order valence-corrected chi connectivity index (χ4v) is 2.74. The van der Waals surface area contributed by atoms with Crippen LogP contribution < -0.4 is 10.1 Å². The lowest BCUT2D eigenvalue weighted by Crippen LogP contribution is -2.07.